The smallest absolute Gasteiger partial charge is 0.415 e. The maximum atomic E-state index is 13.1. The second kappa shape index (κ2) is 5.30. The minimum Gasteiger partial charge on any atom is -0.478 e. The number of amidine groups is 1. The molecular weight excluding hydrogens is 331 g/mol. The van der Waals surface area contributed by atoms with E-state index in [9.17, 15) is 21.6 Å². The van der Waals surface area contributed by atoms with Gasteiger partial charge in [-0.2, -0.15) is 21.6 Å². The SMILES string of the molecule is COC1=NS(=O)(=O)NC1=NC(c1ccc(C)s1)C(F)(F)F. The van der Waals surface area contributed by atoms with Crippen LogP contribution in [-0.2, 0) is 14.9 Å². The molecule has 0 bridgehead atoms. The molecule has 1 unspecified atom stereocenters. The number of hydrogen-bond acceptors (Lipinski definition) is 5. The minimum absolute atomic E-state index is 0.0472. The van der Waals surface area contributed by atoms with Gasteiger partial charge in [-0.05, 0) is 19.1 Å². The molecule has 2 rings (SSSR count). The monoisotopic (exact) mass is 341 g/mol. The van der Waals surface area contributed by atoms with Gasteiger partial charge in [0.05, 0.1) is 7.11 Å². The molecule has 0 radical (unpaired) electrons. The molecule has 1 N–H and O–H groups in total. The summed E-state index contributed by atoms with van der Waals surface area (Å²) in [7, 11) is -3.01. The summed E-state index contributed by atoms with van der Waals surface area (Å²) in [4.78, 5) is 4.07. The Bertz CT molecular complexity index is 707. The Kier molecular flexibility index (Phi) is 3.97. The van der Waals surface area contributed by atoms with Crippen molar-refractivity contribution in [1.82, 2.24) is 4.72 Å². The molecule has 1 aliphatic rings. The summed E-state index contributed by atoms with van der Waals surface area (Å²) >= 11 is 0.930. The molecule has 1 aliphatic heterocycles. The lowest BCUT2D eigenvalue weighted by Gasteiger charge is -2.15. The van der Waals surface area contributed by atoms with Crippen LogP contribution in [0.1, 0.15) is 15.8 Å². The molecule has 0 spiro atoms. The second-order valence-corrected chi connectivity index (χ2v) is 6.70. The number of hydrogen-bond donors (Lipinski definition) is 1. The fourth-order valence-corrected chi connectivity index (χ4v) is 3.34. The van der Waals surface area contributed by atoms with E-state index in [0.29, 0.717) is 4.88 Å². The number of nitrogens with one attached hydrogen (secondary N) is 1. The Morgan fingerprint density at radius 2 is 2.10 bits per heavy atom. The van der Waals surface area contributed by atoms with Gasteiger partial charge in [-0.3, -0.25) is 0 Å². The molecule has 116 valence electrons. The highest BCUT2D eigenvalue weighted by molar-refractivity contribution is 7.89. The number of nitrogens with zero attached hydrogens (tertiary/aromatic N) is 2. The van der Waals surface area contributed by atoms with E-state index in [1.807, 2.05) is 4.72 Å². The summed E-state index contributed by atoms with van der Waals surface area (Å²) in [5, 5.41) is 0. The third kappa shape index (κ3) is 3.53. The van der Waals surface area contributed by atoms with Crippen molar-refractivity contribution in [2.24, 2.45) is 9.39 Å². The maximum absolute atomic E-state index is 13.1. The molecule has 0 aromatic carbocycles. The third-order valence-electron chi connectivity index (χ3n) is 2.42. The van der Waals surface area contributed by atoms with Gasteiger partial charge in [-0.25, -0.2) is 9.71 Å². The normalized spacial score (nSPS) is 21.0. The number of methoxy groups -OCH3 is 1. The largest absolute Gasteiger partial charge is 0.478 e. The van der Waals surface area contributed by atoms with E-state index in [1.165, 1.54) is 12.1 Å². The second-order valence-electron chi connectivity index (χ2n) is 4.05. The summed E-state index contributed by atoms with van der Waals surface area (Å²) in [6, 6.07) is 0.644. The van der Waals surface area contributed by atoms with Crippen molar-refractivity contribution in [3.8, 4) is 0 Å². The first-order valence-corrected chi connectivity index (χ1v) is 7.76. The van der Waals surface area contributed by atoms with Crippen molar-refractivity contribution in [3.05, 3.63) is 21.9 Å². The summed E-state index contributed by atoms with van der Waals surface area (Å²) in [6.45, 7) is 1.66. The lowest BCUT2D eigenvalue weighted by Crippen LogP contribution is -2.30. The first-order chi connectivity index (χ1) is 9.62. The van der Waals surface area contributed by atoms with E-state index >= 15 is 0 Å². The lowest BCUT2D eigenvalue weighted by atomic mass is 10.2. The van der Waals surface area contributed by atoms with E-state index in [1.54, 1.807) is 6.92 Å². The molecule has 1 aromatic heterocycles. The van der Waals surface area contributed by atoms with Gasteiger partial charge >= 0.3 is 16.4 Å². The average Bonchev–Trinajstić information content (AvgIpc) is 2.87. The number of thiophene rings is 1. The lowest BCUT2D eigenvalue weighted by molar-refractivity contribution is -0.147. The minimum atomic E-state index is -4.67. The number of alkyl halides is 3. The fraction of sp³-hybridized carbons (Fsp3) is 0.400. The summed E-state index contributed by atoms with van der Waals surface area (Å²) in [6.07, 6.45) is -4.67. The van der Waals surface area contributed by atoms with Gasteiger partial charge in [0.2, 0.25) is 5.84 Å². The Morgan fingerprint density at radius 3 is 2.57 bits per heavy atom. The van der Waals surface area contributed by atoms with Crippen LogP contribution < -0.4 is 4.72 Å². The van der Waals surface area contributed by atoms with Crippen molar-refractivity contribution < 1.29 is 26.3 Å². The van der Waals surface area contributed by atoms with E-state index in [0.717, 1.165) is 18.4 Å². The van der Waals surface area contributed by atoms with Crippen LogP contribution in [0.5, 0.6) is 0 Å². The Morgan fingerprint density at radius 1 is 1.43 bits per heavy atom. The van der Waals surface area contributed by atoms with Gasteiger partial charge in [0, 0.05) is 9.75 Å². The standard InChI is InChI=1S/C10H10F3N3O3S2/c1-5-3-4-6(20-5)7(10(11,12)13)14-8-9(19-2)16-21(17,18)15-8/h3-4,7H,1-2H3,(H,14,15). The van der Waals surface area contributed by atoms with Crippen molar-refractivity contribution in [3.63, 3.8) is 0 Å². The van der Waals surface area contributed by atoms with E-state index in [-0.39, 0.29) is 4.88 Å². The van der Waals surface area contributed by atoms with Crippen LogP contribution in [0.15, 0.2) is 21.5 Å². The van der Waals surface area contributed by atoms with Crippen LogP contribution in [0.4, 0.5) is 13.2 Å². The maximum Gasteiger partial charge on any atom is 0.415 e. The highest BCUT2D eigenvalue weighted by atomic mass is 32.2. The van der Waals surface area contributed by atoms with Crippen LogP contribution in [0.3, 0.4) is 0 Å². The van der Waals surface area contributed by atoms with Crippen LogP contribution >= 0.6 is 11.3 Å². The van der Waals surface area contributed by atoms with Gasteiger partial charge in [0.25, 0.3) is 5.90 Å². The topological polar surface area (TPSA) is 80.1 Å². The molecule has 0 amide bonds. The van der Waals surface area contributed by atoms with Crippen LogP contribution in [0.2, 0.25) is 0 Å². The van der Waals surface area contributed by atoms with Gasteiger partial charge in [0.1, 0.15) is 0 Å². The molecule has 2 heterocycles. The van der Waals surface area contributed by atoms with Crippen molar-refractivity contribution >= 4 is 33.3 Å². The quantitative estimate of drug-likeness (QED) is 0.893. The van der Waals surface area contributed by atoms with Crippen LogP contribution in [-0.4, -0.2) is 33.4 Å². The predicted octanol–water partition coefficient (Wildman–Crippen LogP) is 1.95. The van der Waals surface area contributed by atoms with Gasteiger partial charge < -0.3 is 4.74 Å². The number of ether oxygens (including phenoxy) is 1. The molecule has 0 saturated carbocycles. The van der Waals surface area contributed by atoms with E-state index < -0.39 is 34.2 Å². The zero-order valence-electron chi connectivity index (χ0n) is 10.8. The number of aliphatic imine (C=N–C) groups is 1. The van der Waals surface area contributed by atoms with Crippen molar-refractivity contribution in [1.29, 1.82) is 0 Å². The van der Waals surface area contributed by atoms with E-state index in [2.05, 4.69) is 14.1 Å². The number of aryl methyl sites for hydroxylation is 1. The molecule has 0 fully saturated rings. The number of halogens is 3. The first kappa shape index (κ1) is 15.8. The Balaban J connectivity index is 2.45. The predicted molar refractivity (Wildman–Crippen MR) is 71.8 cm³/mol. The van der Waals surface area contributed by atoms with Gasteiger partial charge in [-0.1, -0.05) is 0 Å². The zero-order chi connectivity index (χ0) is 15.8. The van der Waals surface area contributed by atoms with Crippen molar-refractivity contribution in [2.45, 2.75) is 19.1 Å². The Hall–Kier alpha value is -1.62. The van der Waals surface area contributed by atoms with Crippen molar-refractivity contribution in [2.75, 3.05) is 7.11 Å². The molecule has 11 heteroatoms. The molecular formula is C10H10F3N3O3S2. The molecule has 21 heavy (non-hydrogen) atoms. The number of rotatable bonds is 2. The third-order valence-corrected chi connectivity index (χ3v) is 4.33. The molecule has 6 nitrogen and oxygen atoms in total. The molecule has 1 atom stereocenters. The van der Waals surface area contributed by atoms with E-state index in [4.69, 9.17) is 0 Å². The molecule has 0 saturated heterocycles. The summed E-state index contributed by atoms with van der Waals surface area (Å²) in [5.41, 5.74) is 0. The zero-order valence-corrected chi connectivity index (χ0v) is 12.4. The van der Waals surface area contributed by atoms with Gasteiger partial charge in [-0.15, -0.1) is 15.7 Å². The fourth-order valence-electron chi connectivity index (χ4n) is 1.58. The molecule has 0 aliphatic carbocycles. The highest BCUT2D eigenvalue weighted by Gasteiger charge is 2.43. The van der Waals surface area contributed by atoms with Gasteiger partial charge in [0.15, 0.2) is 6.04 Å². The highest BCUT2D eigenvalue weighted by Crippen LogP contribution is 2.39. The average molecular weight is 341 g/mol. The Labute approximate surface area is 122 Å². The van der Waals surface area contributed by atoms with Crippen LogP contribution in [0, 0.1) is 6.92 Å². The molecule has 1 aromatic rings. The summed E-state index contributed by atoms with van der Waals surface area (Å²) in [5.74, 6) is -1.07. The first-order valence-electron chi connectivity index (χ1n) is 5.50. The van der Waals surface area contributed by atoms with Crippen LogP contribution in [0.25, 0.3) is 0 Å². The summed E-state index contributed by atoms with van der Waals surface area (Å²) < 4.78 is 71.4.